The number of sulfonamides is 1. The van der Waals surface area contributed by atoms with E-state index >= 15 is 0 Å². The highest BCUT2D eigenvalue weighted by Gasteiger charge is 2.29. The molecule has 4 rings (SSSR count). The molecular formula is C21H21N5O3S. The summed E-state index contributed by atoms with van der Waals surface area (Å²) in [4.78, 5) is 20.8. The lowest BCUT2D eigenvalue weighted by atomic mass is 10.1. The Hall–Kier alpha value is -3.46. The van der Waals surface area contributed by atoms with Gasteiger partial charge in [-0.3, -0.25) is 14.5 Å². The number of hydrogen-bond acceptors (Lipinski definition) is 5. The zero-order chi connectivity index (χ0) is 21.1. The van der Waals surface area contributed by atoms with Crippen LogP contribution in [-0.4, -0.2) is 36.3 Å². The first-order valence-electron chi connectivity index (χ1n) is 9.48. The van der Waals surface area contributed by atoms with Gasteiger partial charge in [0.2, 0.25) is 5.91 Å². The fourth-order valence-electron chi connectivity index (χ4n) is 3.26. The van der Waals surface area contributed by atoms with E-state index in [4.69, 9.17) is 0 Å². The van der Waals surface area contributed by atoms with E-state index in [0.29, 0.717) is 5.56 Å². The van der Waals surface area contributed by atoms with Crippen molar-refractivity contribution in [2.75, 3.05) is 6.54 Å². The highest BCUT2D eigenvalue weighted by Crippen LogP contribution is 2.22. The highest BCUT2D eigenvalue weighted by molar-refractivity contribution is 7.90. The smallest absolute Gasteiger partial charge is 0.263 e. The average molecular weight is 423 g/mol. The Bertz CT molecular complexity index is 1190. The number of amides is 1. The molecule has 1 amide bonds. The number of nitrogens with zero attached hydrogens (tertiary/aromatic N) is 3. The van der Waals surface area contributed by atoms with Crippen molar-refractivity contribution in [2.24, 2.45) is 4.99 Å². The Morgan fingerprint density at radius 1 is 1.20 bits per heavy atom. The number of amidine groups is 1. The summed E-state index contributed by atoms with van der Waals surface area (Å²) in [7, 11) is -3.57. The first-order valence-corrected chi connectivity index (χ1v) is 11.0. The molecule has 30 heavy (non-hydrogen) atoms. The zero-order valence-electron chi connectivity index (χ0n) is 16.3. The maximum atomic E-state index is 12.3. The van der Waals surface area contributed by atoms with Crippen LogP contribution in [-0.2, 0) is 14.8 Å². The number of hydrogen-bond donors (Lipinski definition) is 2. The molecule has 154 valence electrons. The Balaban J connectivity index is 1.34. The fraction of sp³-hybridized carbons (Fsp3) is 0.190. The molecule has 2 N–H and O–H groups in total. The summed E-state index contributed by atoms with van der Waals surface area (Å²) in [5.41, 5.74) is 2.50. The number of carbonyl (C=O) groups excluding carboxylic acids is 1. The molecule has 0 fully saturated rings. The molecule has 0 aliphatic carbocycles. The highest BCUT2D eigenvalue weighted by atomic mass is 32.2. The SMILES string of the molecule is C[C@@H](NC(=O)CCN=C1NS(=O)(=O)c2ccccc21)c1ccc(-n2ccnc2)cc1. The monoisotopic (exact) mass is 423 g/mol. The summed E-state index contributed by atoms with van der Waals surface area (Å²) in [6, 6.07) is 14.3. The van der Waals surface area contributed by atoms with E-state index in [-0.39, 0.29) is 35.6 Å². The second-order valence-corrected chi connectivity index (χ2v) is 8.58. The molecule has 3 aromatic rings. The summed E-state index contributed by atoms with van der Waals surface area (Å²) in [6.45, 7) is 2.10. The minimum Gasteiger partial charge on any atom is -0.350 e. The van der Waals surface area contributed by atoms with Crippen LogP contribution < -0.4 is 10.0 Å². The first-order chi connectivity index (χ1) is 14.4. The second-order valence-electron chi connectivity index (χ2n) is 6.93. The molecule has 1 atom stereocenters. The van der Waals surface area contributed by atoms with Gasteiger partial charge in [-0.05, 0) is 36.8 Å². The molecule has 0 bridgehead atoms. The number of nitrogens with one attached hydrogen (secondary N) is 2. The quantitative estimate of drug-likeness (QED) is 0.634. The van der Waals surface area contributed by atoms with Crippen molar-refractivity contribution in [3.05, 3.63) is 78.4 Å². The van der Waals surface area contributed by atoms with Gasteiger partial charge in [0.25, 0.3) is 10.0 Å². The van der Waals surface area contributed by atoms with Crippen LogP contribution >= 0.6 is 0 Å². The van der Waals surface area contributed by atoms with E-state index < -0.39 is 10.0 Å². The van der Waals surface area contributed by atoms with Gasteiger partial charge in [-0.2, -0.15) is 0 Å². The third-order valence-corrected chi connectivity index (χ3v) is 6.24. The molecule has 0 radical (unpaired) electrons. The van der Waals surface area contributed by atoms with Gasteiger partial charge < -0.3 is 9.88 Å². The van der Waals surface area contributed by atoms with Crippen LogP contribution in [0.25, 0.3) is 5.69 Å². The summed E-state index contributed by atoms with van der Waals surface area (Å²) in [5.74, 6) is 0.126. The maximum Gasteiger partial charge on any atom is 0.263 e. The van der Waals surface area contributed by atoms with Crippen molar-refractivity contribution in [1.82, 2.24) is 19.6 Å². The molecule has 1 aromatic heterocycles. The standard InChI is InChI=1S/C21H21N5O3S/c1-15(16-6-8-17(9-7-16)26-13-12-22-14-26)24-20(27)10-11-23-21-18-4-2-3-5-19(18)30(28,29)25-21/h2-9,12-15H,10-11H2,1H3,(H,23,25)(H,24,27)/t15-/m1/s1. The number of aromatic nitrogens is 2. The first kappa shape index (κ1) is 19.8. The summed E-state index contributed by atoms with van der Waals surface area (Å²) in [6.07, 6.45) is 5.47. The number of carbonyl (C=O) groups is 1. The molecule has 0 spiro atoms. The van der Waals surface area contributed by atoms with Crippen LogP contribution in [0.2, 0.25) is 0 Å². The molecule has 9 heteroatoms. The third-order valence-electron chi connectivity index (χ3n) is 4.84. The summed E-state index contributed by atoms with van der Waals surface area (Å²) < 4.78 is 28.5. The zero-order valence-corrected chi connectivity index (χ0v) is 17.1. The molecule has 0 saturated carbocycles. The van der Waals surface area contributed by atoms with E-state index in [1.807, 2.05) is 42.0 Å². The minimum absolute atomic E-state index is 0.153. The van der Waals surface area contributed by atoms with Crippen LogP contribution in [0.5, 0.6) is 0 Å². The molecule has 0 saturated heterocycles. The van der Waals surface area contributed by atoms with Crippen molar-refractivity contribution in [2.45, 2.75) is 24.3 Å². The molecule has 2 aromatic carbocycles. The van der Waals surface area contributed by atoms with Gasteiger partial charge in [0.1, 0.15) is 5.84 Å². The minimum atomic E-state index is -3.57. The van der Waals surface area contributed by atoms with Crippen LogP contribution in [0.4, 0.5) is 0 Å². The third kappa shape index (κ3) is 4.11. The molecule has 1 aliphatic heterocycles. The Kier molecular flexibility index (Phi) is 5.37. The van der Waals surface area contributed by atoms with Gasteiger partial charge in [-0.15, -0.1) is 0 Å². The molecule has 1 aliphatic rings. The van der Waals surface area contributed by atoms with Gasteiger partial charge in [0, 0.05) is 30.1 Å². The number of rotatable bonds is 6. The molecule has 8 nitrogen and oxygen atoms in total. The molecular weight excluding hydrogens is 402 g/mol. The number of fused-ring (bicyclic) bond motifs is 1. The maximum absolute atomic E-state index is 12.3. The predicted molar refractivity (Wildman–Crippen MR) is 113 cm³/mol. The lowest BCUT2D eigenvalue weighted by Gasteiger charge is -2.15. The lowest BCUT2D eigenvalue weighted by molar-refractivity contribution is -0.121. The number of benzene rings is 2. The fourth-order valence-corrected chi connectivity index (χ4v) is 4.52. The van der Waals surface area contributed by atoms with Crippen molar-refractivity contribution in [3.63, 3.8) is 0 Å². The van der Waals surface area contributed by atoms with Crippen LogP contribution in [0.3, 0.4) is 0 Å². The number of imidazole rings is 1. The second kappa shape index (κ2) is 8.11. The van der Waals surface area contributed by atoms with Crippen LogP contribution in [0.15, 0.2) is 77.1 Å². The van der Waals surface area contributed by atoms with E-state index in [9.17, 15) is 13.2 Å². The van der Waals surface area contributed by atoms with Crippen molar-refractivity contribution >= 4 is 21.8 Å². The van der Waals surface area contributed by atoms with E-state index in [0.717, 1.165) is 11.3 Å². The summed E-state index contributed by atoms with van der Waals surface area (Å²) >= 11 is 0. The van der Waals surface area contributed by atoms with Gasteiger partial charge in [0.05, 0.1) is 23.8 Å². The largest absolute Gasteiger partial charge is 0.350 e. The van der Waals surface area contributed by atoms with E-state index in [2.05, 4.69) is 20.0 Å². The van der Waals surface area contributed by atoms with E-state index in [1.54, 1.807) is 30.7 Å². The average Bonchev–Trinajstić information content (AvgIpc) is 3.35. The van der Waals surface area contributed by atoms with Gasteiger partial charge in [-0.25, -0.2) is 13.4 Å². The van der Waals surface area contributed by atoms with Gasteiger partial charge >= 0.3 is 0 Å². The van der Waals surface area contributed by atoms with Crippen molar-refractivity contribution in [3.8, 4) is 5.69 Å². The van der Waals surface area contributed by atoms with Crippen molar-refractivity contribution < 1.29 is 13.2 Å². The molecule has 2 heterocycles. The normalized spacial score (nSPS) is 16.6. The van der Waals surface area contributed by atoms with Crippen molar-refractivity contribution in [1.29, 1.82) is 0 Å². The van der Waals surface area contributed by atoms with Crippen LogP contribution in [0, 0.1) is 0 Å². The molecule has 0 unspecified atom stereocenters. The Morgan fingerprint density at radius 2 is 1.97 bits per heavy atom. The van der Waals surface area contributed by atoms with Gasteiger partial charge in [0.15, 0.2) is 0 Å². The Morgan fingerprint density at radius 3 is 2.70 bits per heavy atom. The topological polar surface area (TPSA) is 105 Å². The number of aliphatic imine (C=N–C) groups is 1. The summed E-state index contributed by atoms with van der Waals surface area (Å²) in [5, 5.41) is 2.95. The lowest BCUT2D eigenvalue weighted by Crippen LogP contribution is -2.27. The predicted octanol–water partition coefficient (Wildman–Crippen LogP) is 2.18. The van der Waals surface area contributed by atoms with E-state index in [1.165, 1.54) is 6.07 Å². The van der Waals surface area contributed by atoms with Crippen LogP contribution in [0.1, 0.15) is 30.5 Å². The Labute approximate surface area is 174 Å². The van der Waals surface area contributed by atoms with Gasteiger partial charge in [-0.1, -0.05) is 24.3 Å².